The van der Waals surface area contributed by atoms with E-state index in [4.69, 9.17) is 11.2 Å². The molecule has 0 bridgehead atoms. The second-order valence-electron chi connectivity index (χ2n) is 7.53. The maximum absolute atomic E-state index is 12.8. The van der Waals surface area contributed by atoms with Crippen molar-refractivity contribution in [2.24, 2.45) is 4.99 Å². The third-order valence-corrected chi connectivity index (χ3v) is 9.30. The van der Waals surface area contributed by atoms with Crippen LogP contribution in [0.15, 0.2) is 57.2 Å². The van der Waals surface area contributed by atoms with Crippen LogP contribution in [0.2, 0.25) is 0 Å². The highest BCUT2D eigenvalue weighted by Gasteiger charge is 2.26. The first-order valence-corrected chi connectivity index (χ1v) is 14.3. The molecule has 2 heterocycles. The van der Waals surface area contributed by atoms with Crippen LogP contribution >= 0.6 is 11.3 Å². The van der Waals surface area contributed by atoms with E-state index in [9.17, 15) is 21.6 Å². The molecule has 0 spiro atoms. The van der Waals surface area contributed by atoms with Gasteiger partial charge in [-0.3, -0.25) is 4.79 Å². The molecule has 1 amide bonds. The molecule has 2 aromatic carbocycles. The van der Waals surface area contributed by atoms with Crippen molar-refractivity contribution in [2.45, 2.75) is 16.3 Å². The molecule has 0 atom stereocenters. The summed E-state index contributed by atoms with van der Waals surface area (Å²) in [5.74, 6) is 1.94. The van der Waals surface area contributed by atoms with E-state index >= 15 is 0 Å². The van der Waals surface area contributed by atoms with E-state index < -0.39 is 25.8 Å². The summed E-state index contributed by atoms with van der Waals surface area (Å²) in [6, 6.07) is 10.2. The summed E-state index contributed by atoms with van der Waals surface area (Å²) in [6.45, 7) is 1.38. The van der Waals surface area contributed by atoms with Gasteiger partial charge in [-0.15, -0.1) is 6.42 Å². The first-order chi connectivity index (χ1) is 16.1. The maximum Gasteiger partial charge on any atom is 0.279 e. The SMILES string of the molecule is C#CCn1c(=NC(=O)c2ccc(S(=O)(=O)N3CCOCC3)cc2)sc2cc(S(C)(=O)=O)ccc21. The third-order valence-electron chi connectivity index (χ3n) is 5.24. The standard InChI is InChI=1S/C22H21N3O6S3/c1-3-10-25-19-9-8-18(33(2,27)28)15-20(19)32-22(25)23-21(26)16-4-6-17(7-5-16)34(29,30)24-11-13-31-14-12-24/h1,4-9,15H,10-14H2,2H3. The molecule has 0 saturated carbocycles. The minimum absolute atomic E-state index is 0.0866. The van der Waals surface area contributed by atoms with Crippen LogP contribution in [0.3, 0.4) is 0 Å². The van der Waals surface area contributed by atoms with Gasteiger partial charge in [0.25, 0.3) is 5.91 Å². The van der Waals surface area contributed by atoms with Crippen molar-refractivity contribution >= 4 is 47.3 Å². The predicted octanol–water partition coefficient (Wildman–Crippen LogP) is 1.50. The van der Waals surface area contributed by atoms with Gasteiger partial charge in [0.1, 0.15) is 0 Å². The van der Waals surface area contributed by atoms with E-state index in [-0.39, 0.29) is 35.0 Å². The number of thiazole rings is 1. The van der Waals surface area contributed by atoms with E-state index in [0.717, 1.165) is 17.6 Å². The molecule has 0 unspecified atom stereocenters. The highest BCUT2D eigenvalue weighted by atomic mass is 32.2. The summed E-state index contributed by atoms with van der Waals surface area (Å²) in [6.07, 6.45) is 6.60. The van der Waals surface area contributed by atoms with Gasteiger partial charge in [0, 0.05) is 24.9 Å². The van der Waals surface area contributed by atoms with Crippen LogP contribution < -0.4 is 4.80 Å². The molecule has 1 fully saturated rings. The zero-order valence-corrected chi connectivity index (χ0v) is 20.6. The van der Waals surface area contributed by atoms with Gasteiger partial charge in [0.2, 0.25) is 10.0 Å². The molecule has 1 aliphatic rings. The Morgan fingerprint density at radius 3 is 2.35 bits per heavy atom. The van der Waals surface area contributed by atoms with Gasteiger partial charge in [0.05, 0.1) is 39.8 Å². The smallest absolute Gasteiger partial charge is 0.279 e. The second-order valence-corrected chi connectivity index (χ2v) is 12.5. The van der Waals surface area contributed by atoms with Crippen LogP contribution in [-0.4, -0.2) is 64.2 Å². The summed E-state index contributed by atoms with van der Waals surface area (Å²) >= 11 is 1.14. The van der Waals surface area contributed by atoms with E-state index in [1.807, 2.05) is 0 Å². The van der Waals surface area contributed by atoms with Crippen LogP contribution in [0.5, 0.6) is 0 Å². The number of nitrogens with zero attached hydrogens (tertiary/aromatic N) is 3. The van der Waals surface area contributed by atoms with Gasteiger partial charge in [0.15, 0.2) is 14.6 Å². The van der Waals surface area contributed by atoms with E-state index in [0.29, 0.717) is 28.2 Å². The summed E-state index contributed by atoms with van der Waals surface area (Å²) in [7, 11) is -7.07. The largest absolute Gasteiger partial charge is 0.379 e. The van der Waals surface area contributed by atoms with Gasteiger partial charge in [-0.1, -0.05) is 17.3 Å². The topological polar surface area (TPSA) is 115 Å². The van der Waals surface area contributed by atoms with Gasteiger partial charge >= 0.3 is 0 Å². The summed E-state index contributed by atoms with van der Waals surface area (Å²) in [5, 5.41) is 0. The average molecular weight is 520 g/mol. The number of carbonyl (C=O) groups is 1. The molecule has 4 rings (SSSR count). The summed E-state index contributed by atoms with van der Waals surface area (Å²) in [5.41, 5.74) is 0.872. The quantitative estimate of drug-likeness (QED) is 0.472. The van der Waals surface area contributed by atoms with Gasteiger partial charge in [-0.05, 0) is 42.5 Å². The van der Waals surface area contributed by atoms with Crippen LogP contribution in [0.25, 0.3) is 10.2 Å². The van der Waals surface area contributed by atoms with Gasteiger partial charge in [-0.25, -0.2) is 16.8 Å². The number of aromatic nitrogens is 1. The van der Waals surface area contributed by atoms with E-state index in [2.05, 4.69) is 10.9 Å². The number of carbonyl (C=O) groups excluding carboxylic acids is 1. The number of morpholine rings is 1. The summed E-state index contributed by atoms with van der Waals surface area (Å²) < 4.78 is 58.2. The minimum atomic E-state index is -3.67. The van der Waals surface area contributed by atoms with Crippen molar-refractivity contribution in [2.75, 3.05) is 32.6 Å². The molecule has 12 heteroatoms. The molecule has 1 aliphatic heterocycles. The highest BCUT2D eigenvalue weighted by Crippen LogP contribution is 2.22. The molecule has 3 aromatic rings. The molecular weight excluding hydrogens is 498 g/mol. The average Bonchev–Trinajstić information content (AvgIpc) is 3.15. The highest BCUT2D eigenvalue weighted by molar-refractivity contribution is 7.90. The number of sulfonamides is 1. The van der Waals surface area contributed by atoms with E-state index in [1.165, 1.54) is 40.7 Å². The van der Waals surface area contributed by atoms with Crippen LogP contribution in [-0.2, 0) is 31.1 Å². The van der Waals surface area contributed by atoms with Crippen molar-refractivity contribution in [3.8, 4) is 12.3 Å². The third kappa shape index (κ3) is 4.84. The lowest BCUT2D eigenvalue weighted by atomic mass is 10.2. The van der Waals surface area contributed by atoms with Gasteiger partial charge in [-0.2, -0.15) is 9.30 Å². The molecule has 0 aliphatic carbocycles. The van der Waals surface area contributed by atoms with Crippen molar-refractivity contribution in [3.63, 3.8) is 0 Å². The fraction of sp³-hybridized carbons (Fsp3) is 0.273. The minimum Gasteiger partial charge on any atom is -0.379 e. The molecule has 178 valence electrons. The van der Waals surface area contributed by atoms with Crippen LogP contribution in [0, 0.1) is 12.3 Å². The monoisotopic (exact) mass is 519 g/mol. The molecule has 0 N–H and O–H groups in total. The predicted molar refractivity (Wildman–Crippen MR) is 128 cm³/mol. The lowest BCUT2D eigenvalue weighted by Gasteiger charge is -2.26. The number of benzene rings is 2. The lowest BCUT2D eigenvalue weighted by Crippen LogP contribution is -2.40. The second kappa shape index (κ2) is 9.44. The zero-order valence-electron chi connectivity index (χ0n) is 18.2. The Morgan fingerprint density at radius 2 is 1.74 bits per heavy atom. The van der Waals surface area contributed by atoms with Crippen molar-refractivity contribution in [3.05, 3.63) is 52.8 Å². The molecule has 1 aromatic heterocycles. The Balaban J connectivity index is 1.69. The number of fused-ring (bicyclic) bond motifs is 1. The number of hydrogen-bond donors (Lipinski definition) is 0. The maximum atomic E-state index is 12.8. The molecule has 1 saturated heterocycles. The number of sulfone groups is 1. The summed E-state index contributed by atoms with van der Waals surface area (Å²) in [4.78, 5) is 17.6. The van der Waals surface area contributed by atoms with Crippen LogP contribution in [0.1, 0.15) is 10.4 Å². The lowest BCUT2D eigenvalue weighted by molar-refractivity contribution is 0.0730. The Hall–Kier alpha value is -2.82. The zero-order chi connectivity index (χ0) is 24.5. The molecular formula is C22H21N3O6S3. The molecule has 34 heavy (non-hydrogen) atoms. The Kier molecular flexibility index (Phi) is 6.75. The number of amides is 1. The number of hydrogen-bond acceptors (Lipinski definition) is 7. The Morgan fingerprint density at radius 1 is 1.09 bits per heavy atom. The van der Waals surface area contributed by atoms with Crippen LogP contribution in [0.4, 0.5) is 0 Å². The molecule has 9 nitrogen and oxygen atoms in total. The first-order valence-electron chi connectivity index (χ1n) is 10.2. The van der Waals surface area contributed by atoms with Crippen molar-refractivity contribution in [1.29, 1.82) is 0 Å². The molecule has 0 radical (unpaired) electrons. The Labute approximate surface area is 201 Å². The fourth-order valence-electron chi connectivity index (χ4n) is 3.47. The first kappa shape index (κ1) is 24.3. The normalized spacial score (nSPS) is 15.9. The van der Waals surface area contributed by atoms with Gasteiger partial charge < -0.3 is 9.30 Å². The van der Waals surface area contributed by atoms with Crippen molar-refractivity contribution < 1.29 is 26.4 Å². The number of rotatable bonds is 5. The van der Waals surface area contributed by atoms with E-state index in [1.54, 1.807) is 10.6 Å². The number of ether oxygens (including phenoxy) is 1. The fourth-order valence-corrected chi connectivity index (χ4v) is 6.67. The van der Waals surface area contributed by atoms with Crippen molar-refractivity contribution in [1.82, 2.24) is 8.87 Å². The number of terminal acetylenes is 1. The Bertz CT molecular complexity index is 1570.